The minimum absolute atomic E-state index is 0.189. The molecule has 2 N–H and O–H groups in total. The fourth-order valence-corrected chi connectivity index (χ4v) is 4.02. The average Bonchev–Trinajstić information content (AvgIpc) is 2.63. The second-order valence-electron chi connectivity index (χ2n) is 6.49. The molecule has 1 aromatic rings. The molecule has 1 saturated heterocycles. The molecular formula is C16H23ClN2. The molecule has 3 heteroatoms. The molecule has 0 bridgehead atoms. The van der Waals surface area contributed by atoms with Gasteiger partial charge in [0.2, 0.25) is 0 Å². The monoisotopic (exact) mass is 278 g/mol. The number of piperidine rings is 1. The van der Waals surface area contributed by atoms with Crippen LogP contribution in [-0.4, -0.2) is 24.0 Å². The highest BCUT2D eigenvalue weighted by Gasteiger charge is 2.45. The minimum Gasteiger partial charge on any atom is -0.323 e. The van der Waals surface area contributed by atoms with Crippen LogP contribution in [0.2, 0.25) is 5.02 Å². The number of likely N-dealkylation sites (tertiary alicyclic amines) is 1. The summed E-state index contributed by atoms with van der Waals surface area (Å²) in [5.74, 6) is 0. The van der Waals surface area contributed by atoms with Gasteiger partial charge >= 0.3 is 0 Å². The van der Waals surface area contributed by atoms with Crippen LogP contribution in [0.15, 0.2) is 18.2 Å². The smallest absolute Gasteiger partial charge is 0.0408 e. The predicted octanol–water partition coefficient (Wildman–Crippen LogP) is 3.39. The number of hydrogen-bond acceptors (Lipinski definition) is 2. The first-order chi connectivity index (χ1) is 9.02. The standard InChI is InChI=1S/C16H23ClN2/c1-11(2)19-7-5-16(6-8-19)10-12-9-13(17)3-4-14(12)15(16)18/h3-4,9,11,15H,5-8,10,18H2,1-2H3/t15-/m0/s1. The Bertz CT molecular complexity index is 476. The molecule has 1 aromatic carbocycles. The Morgan fingerprint density at radius 1 is 1.32 bits per heavy atom. The Morgan fingerprint density at radius 3 is 2.63 bits per heavy atom. The Hall–Kier alpha value is -0.570. The molecule has 1 fully saturated rings. The Kier molecular flexibility index (Phi) is 3.36. The van der Waals surface area contributed by atoms with Gasteiger partial charge in [-0.2, -0.15) is 0 Å². The summed E-state index contributed by atoms with van der Waals surface area (Å²) in [5.41, 5.74) is 9.54. The first-order valence-corrected chi connectivity index (χ1v) is 7.68. The lowest BCUT2D eigenvalue weighted by molar-refractivity contribution is 0.0710. The third kappa shape index (κ3) is 2.20. The molecule has 0 amide bonds. The number of nitrogens with two attached hydrogens (primary N) is 1. The van der Waals surface area contributed by atoms with E-state index in [0.717, 1.165) is 11.4 Å². The predicted molar refractivity (Wildman–Crippen MR) is 80.5 cm³/mol. The van der Waals surface area contributed by atoms with Crippen molar-refractivity contribution >= 4 is 11.6 Å². The lowest BCUT2D eigenvalue weighted by atomic mass is 9.73. The third-order valence-electron chi connectivity index (χ3n) is 5.17. The molecule has 1 heterocycles. The van der Waals surface area contributed by atoms with E-state index in [2.05, 4.69) is 30.9 Å². The van der Waals surface area contributed by atoms with Crippen molar-refractivity contribution in [3.05, 3.63) is 34.3 Å². The van der Waals surface area contributed by atoms with Crippen molar-refractivity contribution in [3.8, 4) is 0 Å². The summed E-state index contributed by atoms with van der Waals surface area (Å²) in [4.78, 5) is 2.56. The first kappa shape index (κ1) is 13.4. The van der Waals surface area contributed by atoms with Gasteiger partial charge in [0.25, 0.3) is 0 Å². The highest BCUT2D eigenvalue weighted by molar-refractivity contribution is 6.30. The van der Waals surface area contributed by atoms with Crippen LogP contribution in [-0.2, 0) is 6.42 Å². The summed E-state index contributed by atoms with van der Waals surface area (Å²) < 4.78 is 0. The summed E-state index contributed by atoms with van der Waals surface area (Å²) in [6.07, 6.45) is 3.52. The molecule has 1 aliphatic heterocycles. The van der Waals surface area contributed by atoms with E-state index in [0.29, 0.717) is 6.04 Å². The second-order valence-corrected chi connectivity index (χ2v) is 6.93. The maximum absolute atomic E-state index is 6.57. The Balaban J connectivity index is 1.82. The maximum Gasteiger partial charge on any atom is 0.0408 e. The number of hydrogen-bond donors (Lipinski definition) is 1. The van der Waals surface area contributed by atoms with E-state index in [1.165, 1.54) is 37.1 Å². The van der Waals surface area contributed by atoms with Crippen LogP contribution in [0.5, 0.6) is 0 Å². The number of rotatable bonds is 1. The van der Waals surface area contributed by atoms with Crippen molar-refractivity contribution in [1.29, 1.82) is 0 Å². The fraction of sp³-hybridized carbons (Fsp3) is 0.625. The topological polar surface area (TPSA) is 29.3 Å². The molecule has 2 nitrogen and oxygen atoms in total. The van der Waals surface area contributed by atoms with Gasteiger partial charge in [-0.15, -0.1) is 0 Å². The van der Waals surface area contributed by atoms with Crippen molar-refractivity contribution in [3.63, 3.8) is 0 Å². The number of halogens is 1. The van der Waals surface area contributed by atoms with E-state index in [4.69, 9.17) is 17.3 Å². The number of nitrogens with zero attached hydrogens (tertiary/aromatic N) is 1. The molecule has 1 atom stereocenters. The van der Waals surface area contributed by atoms with Crippen LogP contribution >= 0.6 is 11.6 Å². The largest absolute Gasteiger partial charge is 0.323 e. The van der Waals surface area contributed by atoms with Gasteiger partial charge in [-0.1, -0.05) is 17.7 Å². The summed E-state index contributed by atoms with van der Waals surface area (Å²) in [7, 11) is 0. The van der Waals surface area contributed by atoms with Crippen molar-refractivity contribution in [2.24, 2.45) is 11.1 Å². The number of fused-ring (bicyclic) bond motifs is 1. The Morgan fingerprint density at radius 2 is 2.00 bits per heavy atom. The van der Waals surface area contributed by atoms with Gasteiger partial charge in [0.05, 0.1) is 0 Å². The summed E-state index contributed by atoms with van der Waals surface area (Å²) in [6.45, 7) is 6.91. The number of benzene rings is 1. The van der Waals surface area contributed by atoms with Gasteiger partial charge < -0.3 is 10.6 Å². The van der Waals surface area contributed by atoms with Crippen LogP contribution < -0.4 is 5.73 Å². The molecule has 0 radical (unpaired) electrons. The minimum atomic E-state index is 0.189. The third-order valence-corrected chi connectivity index (χ3v) is 5.40. The molecule has 1 aliphatic carbocycles. The Labute approximate surface area is 120 Å². The lowest BCUT2D eigenvalue weighted by Gasteiger charge is -2.43. The van der Waals surface area contributed by atoms with E-state index in [1.54, 1.807) is 0 Å². The SMILES string of the molecule is CC(C)N1CCC2(CC1)Cc1cc(Cl)ccc1[C@@H]2N. The zero-order valence-electron chi connectivity index (χ0n) is 11.8. The summed E-state index contributed by atoms with van der Waals surface area (Å²) in [6, 6.07) is 7.05. The molecule has 1 spiro atoms. The summed E-state index contributed by atoms with van der Waals surface area (Å²) in [5, 5.41) is 0.836. The van der Waals surface area contributed by atoms with Crippen LogP contribution in [0.25, 0.3) is 0 Å². The molecular weight excluding hydrogens is 256 g/mol. The summed E-state index contributed by atoms with van der Waals surface area (Å²) >= 11 is 6.11. The highest BCUT2D eigenvalue weighted by atomic mass is 35.5. The maximum atomic E-state index is 6.57. The van der Waals surface area contributed by atoms with Crippen molar-refractivity contribution < 1.29 is 0 Å². The van der Waals surface area contributed by atoms with E-state index < -0.39 is 0 Å². The second kappa shape index (κ2) is 4.76. The highest BCUT2D eigenvalue weighted by Crippen LogP contribution is 2.51. The van der Waals surface area contributed by atoms with Gasteiger partial charge in [0, 0.05) is 17.1 Å². The normalized spacial score (nSPS) is 26.1. The lowest BCUT2D eigenvalue weighted by Crippen LogP contribution is -2.46. The van der Waals surface area contributed by atoms with Gasteiger partial charge in [-0.05, 0) is 74.9 Å². The molecule has 19 heavy (non-hydrogen) atoms. The molecule has 0 unspecified atom stereocenters. The zero-order valence-corrected chi connectivity index (χ0v) is 12.6. The van der Waals surface area contributed by atoms with Crippen molar-refractivity contribution in [1.82, 2.24) is 4.90 Å². The molecule has 0 saturated carbocycles. The molecule has 0 aromatic heterocycles. The average molecular weight is 279 g/mol. The van der Waals surface area contributed by atoms with E-state index in [9.17, 15) is 0 Å². The van der Waals surface area contributed by atoms with Crippen LogP contribution in [0.1, 0.15) is 43.9 Å². The van der Waals surface area contributed by atoms with E-state index in [1.807, 2.05) is 6.07 Å². The van der Waals surface area contributed by atoms with E-state index in [-0.39, 0.29) is 11.5 Å². The quantitative estimate of drug-likeness (QED) is 0.853. The van der Waals surface area contributed by atoms with Gasteiger partial charge in [-0.25, -0.2) is 0 Å². The van der Waals surface area contributed by atoms with Crippen LogP contribution in [0.3, 0.4) is 0 Å². The van der Waals surface area contributed by atoms with E-state index >= 15 is 0 Å². The van der Waals surface area contributed by atoms with Gasteiger partial charge in [-0.3, -0.25) is 0 Å². The van der Waals surface area contributed by atoms with Crippen LogP contribution in [0.4, 0.5) is 0 Å². The molecule has 2 aliphatic rings. The van der Waals surface area contributed by atoms with Crippen LogP contribution in [0, 0.1) is 5.41 Å². The van der Waals surface area contributed by atoms with Crippen molar-refractivity contribution in [2.45, 2.75) is 45.2 Å². The van der Waals surface area contributed by atoms with Crippen molar-refractivity contribution in [2.75, 3.05) is 13.1 Å². The molecule has 104 valence electrons. The van der Waals surface area contributed by atoms with Gasteiger partial charge in [0.15, 0.2) is 0 Å². The fourth-order valence-electron chi connectivity index (χ4n) is 3.82. The first-order valence-electron chi connectivity index (χ1n) is 7.30. The zero-order chi connectivity index (χ0) is 13.6. The van der Waals surface area contributed by atoms with Gasteiger partial charge in [0.1, 0.15) is 0 Å². The molecule has 3 rings (SSSR count).